The van der Waals surface area contributed by atoms with Gasteiger partial charge in [-0.3, -0.25) is 15.0 Å². The van der Waals surface area contributed by atoms with E-state index < -0.39 is 0 Å². The summed E-state index contributed by atoms with van der Waals surface area (Å²) in [5, 5.41) is 4.74. The van der Waals surface area contributed by atoms with E-state index >= 15 is 0 Å². The normalized spacial score (nSPS) is 34.5. The van der Waals surface area contributed by atoms with Crippen molar-refractivity contribution < 1.29 is 9.59 Å². The Morgan fingerprint density at radius 3 is 2.53 bits per heavy atom. The van der Waals surface area contributed by atoms with E-state index in [9.17, 15) is 9.59 Å². The number of rotatable bonds is 2. The molecule has 0 aliphatic carbocycles. The number of carbonyl (C=O) groups is 2. The van der Waals surface area contributed by atoms with Crippen molar-refractivity contribution in [3.8, 4) is 0 Å². The average Bonchev–Trinajstić information content (AvgIpc) is 2.70. The third kappa shape index (κ3) is 2.77. The smallest absolute Gasteiger partial charge is 0.239 e. The minimum atomic E-state index is -0.205. The minimum Gasteiger partial charge on any atom is -0.355 e. The molecular formula is C12H21N3O2. The maximum atomic E-state index is 12.0. The van der Waals surface area contributed by atoms with Gasteiger partial charge in [0.2, 0.25) is 11.8 Å². The molecule has 5 heteroatoms. The molecule has 0 aromatic rings. The van der Waals surface area contributed by atoms with Crippen molar-refractivity contribution in [1.82, 2.24) is 15.8 Å². The van der Waals surface area contributed by atoms with E-state index in [1.807, 2.05) is 0 Å². The quantitative estimate of drug-likeness (QED) is 0.734. The molecule has 3 unspecified atom stereocenters. The summed E-state index contributed by atoms with van der Waals surface area (Å²) >= 11 is 0. The summed E-state index contributed by atoms with van der Waals surface area (Å²) in [5.41, 5.74) is 2.98. The van der Waals surface area contributed by atoms with Crippen molar-refractivity contribution in [1.29, 1.82) is 0 Å². The van der Waals surface area contributed by atoms with Crippen LogP contribution in [0.4, 0.5) is 0 Å². The van der Waals surface area contributed by atoms with Crippen molar-refractivity contribution in [2.45, 2.75) is 51.6 Å². The second-order valence-corrected chi connectivity index (χ2v) is 5.22. The molecule has 0 saturated carbocycles. The molecule has 0 aromatic carbocycles. The Labute approximate surface area is 102 Å². The largest absolute Gasteiger partial charge is 0.355 e. The van der Waals surface area contributed by atoms with Gasteiger partial charge < -0.3 is 5.32 Å². The van der Waals surface area contributed by atoms with Crippen LogP contribution in [0.1, 0.15) is 39.5 Å². The van der Waals surface area contributed by atoms with E-state index in [1.165, 1.54) is 6.42 Å². The maximum Gasteiger partial charge on any atom is 0.239 e. The molecule has 96 valence electrons. The van der Waals surface area contributed by atoms with Crippen LogP contribution < -0.4 is 10.7 Å². The molecule has 3 atom stereocenters. The number of hydrogen-bond acceptors (Lipinski definition) is 3. The summed E-state index contributed by atoms with van der Waals surface area (Å²) in [6, 6.07) is 0.764. The Bertz CT molecular complexity index is 309. The van der Waals surface area contributed by atoms with E-state index in [1.54, 1.807) is 0 Å². The first kappa shape index (κ1) is 12.4. The SMILES string of the molecule is CC1CCCC(C)N1NC(=O)C1CNC(=O)C1. The van der Waals surface area contributed by atoms with E-state index in [2.05, 4.69) is 29.6 Å². The summed E-state index contributed by atoms with van der Waals surface area (Å²) in [6.45, 7) is 4.74. The number of carbonyl (C=O) groups excluding carboxylic acids is 2. The molecule has 17 heavy (non-hydrogen) atoms. The Morgan fingerprint density at radius 2 is 2.00 bits per heavy atom. The van der Waals surface area contributed by atoms with Crippen LogP contribution in [0.5, 0.6) is 0 Å². The molecule has 2 heterocycles. The molecule has 5 nitrogen and oxygen atoms in total. The van der Waals surface area contributed by atoms with Gasteiger partial charge in [-0.25, -0.2) is 5.01 Å². The predicted octanol–water partition coefficient (Wildman–Crippen LogP) is 0.417. The van der Waals surface area contributed by atoms with E-state index in [0.29, 0.717) is 25.0 Å². The highest BCUT2D eigenvalue weighted by molar-refractivity contribution is 5.88. The number of piperidine rings is 1. The van der Waals surface area contributed by atoms with E-state index in [-0.39, 0.29) is 17.7 Å². The minimum absolute atomic E-state index is 0.0232. The molecular weight excluding hydrogens is 218 g/mol. The molecule has 2 fully saturated rings. The molecule has 2 amide bonds. The molecule has 2 saturated heterocycles. The van der Waals surface area contributed by atoms with E-state index in [4.69, 9.17) is 0 Å². The summed E-state index contributed by atoms with van der Waals surface area (Å²) in [7, 11) is 0. The topological polar surface area (TPSA) is 61.4 Å². The van der Waals surface area contributed by atoms with Crippen LogP contribution in [0.15, 0.2) is 0 Å². The van der Waals surface area contributed by atoms with Gasteiger partial charge in [0, 0.05) is 25.0 Å². The second-order valence-electron chi connectivity index (χ2n) is 5.22. The Balaban J connectivity index is 1.90. The van der Waals surface area contributed by atoms with Gasteiger partial charge >= 0.3 is 0 Å². The first-order valence-corrected chi connectivity index (χ1v) is 6.43. The molecule has 0 radical (unpaired) electrons. The number of hydrazine groups is 1. The lowest BCUT2D eigenvalue weighted by atomic mass is 9.99. The van der Waals surface area contributed by atoms with Gasteiger partial charge in [-0.1, -0.05) is 6.42 Å². The zero-order valence-electron chi connectivity index (χ0n) is 10.5. The van der Waals surface area contributed by atoms with Crippen molar-refractivity contribution in [2.75, 3.05) is 6.54 Å². The summed E-state index contributed by atoms with van der Waals surface area (Å²) in [5.74, 6) is -0.252. The first-order chi connectivity index (χ1) is 8.08. The number of nitrogens with one attached hydrogen (secondary N) is 2. The van der Waals surface area contributed by atoms with Crippen molar-refractivity contribution >= 4 is 11.8 Å². The number of amides is 2. The van der Waals surface area contributed by atoms with Crippen LogP contribution >= 0.6 is 0 Å². The van der Waals surface area contributed by atoms with Gasteiger partial charge in [0.05, 0.1) is 5.92 Å². The fourth-order valence-corrected chi connectivity index (χ4v) is 2.65. The zero-order valence-corrected chi connectivity index (χ0v) is 10.5. The summed E-state index contributed by atoms with van der Waals surface area (Å²) in [6.07, 6.45) is 3.78. The van der Waals surface area contributed by atoms with Crippen LogP contribution in [0.2, 0.25) is 0 Å². The lowest BCUT2D eigenvalue weighted by Gasteiger charge is -2.39. The zero-order chi connectivity index (χ0) is 12.4. The van der Waals surface area contributed by atoms with Crippen molar-refractivity contribution in [3.63, 3.8) is 0 Å². The van der Waals surface area contributed by atoms with Crippen LogP contribution in [0, 0.1) is 5.92 Å². The van der Waals surface area contributed by atoms with Gasteiger partial charge in [0.15, 0.2) is 0 Å². The summed E-state index contributed by atoms with van der Waals surface area (Å²) < 4.78 is 0. The van der Waals surface area contributed by atoms with Crippen LogP contribution in [-0.4, -0.2) is 35.5 Å². The Kier molecular flexibility index (Phi) is 3.66. The Hall–Kier alpha value is -1.10. The van der Waals surface area contributed by atoms with E-state index in [0.717, 1.165) is 12.8 Å². The Morgan fingerprint density at radius 1 is 1.35 bits per heavy atom. The first-order valence-electron chi connectivity index (χ1n) is 6.43. The molecule has 0 bridgehead atoms. The lowest BCUT2D eigenvalue weighted by molar-refractivity contribution is -0.133. The van der Waals surface area contributed by atoms with Crippen LogP contribution in [0.3, 0.4) is 0 Å². The number of nitrogens with zero attached hydrogens (tertiary/aromatic N) is 1. The van der Waals surface area contributed by atoms with Gasteiger partial charge in [-0.05, 0) is 26.7 Å². The second kappa shape index (κ2) is 5.04. The highest BCUT2D eigenvalue weighted by Crippen LogP contribution is 2.21. The third-order valence-corrected chi connectivity index (χ3v) is 3.78. The number of hydrogen-bond donors (Lipinski definition) is 2. The summed E-state index contributed by atoms with van der Waals surface area (Å²) in [4.78, 5) is 23.1. The van der Waals surface area contributed by atoms with Crippen molar-refractivity contribution in [2.24, 2.45) is 5.92 Å². The van der Waals surface area contributed by atoms with Gasteiger partial charge in [-0.2, -0.15) is 0 Å². The fraction of sp³-hybridized carbons (Fsp3) is 0.833. The molecule has 2 aliphatic rings. The average molecular weight is 239 g/mol. The van der Waals surface area contributed by atoms with Crippen LogP contribution in [-0.2, 0) is 9.59 Å². The maximum absolute atomic E-state index is 12.0. The third-order valence-electron chi connectivity index (χ3n) is 3.78. The van der Waals surface area contributed by atoms with Gasteiger partial charge in [-0.15, -0.1) is 0 Å². The predicted molar refractivity (Wildman–Crippen MR) is 63.9 cm³/mol. The van der Waals surface area contributed by atoms with Crippen LogP contribution in [0.25, 0.3) is 0 Å². The molecule has 0 spiro atoms. The molecule has 0 aromatic heterocycles. The van der Waals surface area contributed by atoms with Gasteiger partial charge in [0.25, 0.3) is 0 Å². The lowest BCUT2D eigenvalue weighted by Crippen LogP contribution is -2.55. The highest BCUT2D eigenvalue weighted by atomic mass is 16.2. The highest BCUT2D eigenvalue weighted by Gasteiger charge is 2.32. The molecule has 2 N–H and O–H groups in total. The van der Waals surface area contributed by atoms with Crippen molar-refractivity contribution in [3.05, 3.63) is 0 Å². The standard InChI is InChI=1S/C12H21N3O2/c1-8-4-3-5-9(2)15(8)14-12(17)10-6-11(16)13-7-10/h8-10H,3-7H2,1-2H3,(H,13,16)(H,14,17). The fourth-order valence-electron chi connectivity index (χ4n) is 2.65. The monoisotopic (exact) mass is 239 g/mol. The molecule has 2 rings (SSSR count). The molecule has 2 aliphatic heterocycles. The van der Waals surface area contributed by atoms with Gasteiger partial charge in [0.1, 0.15) is 0 Å².